The summed E-state index contributed by atoms with van der Waals surface area (Å²) >= 11 is 0. The summed E-state index contributed by atoms with van der Waals surface area (Å²) in [6.45, 7) is 3.80. The van der Waals surface area contributed by atoms with Crippen LogP contribution in [0.25, 0.3) is 0 Å². The molecule has 0 aliphatic heterocycles. The molecule has 0 unspecified atom stereocenters. The van der Waals surface area contributed by atoms with E-state index in [1.54, 1.807) is 6.92 Å². The van der Waals surface area contributed by atoms with Crippen molar-refractivity contribution in [3.8, 4) is 0 Å². The third-order valence-corrected chi connectivity index (χ3v) is 2.89. The van der Waals surface area contributed by atoms with Crippen molar-refractivity contribution in [2.24, 2.45) is 11.7 Å². The Morgan fingerprint density at radius 1 is 1.38 bits per heavy atom. The number of hydrogen-bond donors (Lipinski definition) is 2. The Kier molecular flexibility index (Phi) is 3.72. The van der Waals surface area contributed by atoms with E-state index in [9.17, 15) is 4.79 Å². The predicted molar refractivity (Wildman–Crippen MR) is 53.2 cm³/mol. The zero-order chi connectivity index (χ0) is 9.84. The number of carbonyl (C=O) groups is 1. The van der Waals surface area contributed by atoms with Gasteiger partial charge in [0.2, 0.25) is 5.91 Å². The zero-order valence-electron chi connectivity index (χ0n) is 8.55. The maximum Gasteiger partial charge on any atom is 0.236 e. The van der Waals surface area contributed by atoms with Crippen molar-refractivity contribution in [2.75, 3.05) is 0 Å². The van der Waals surface area contributed by atoms with Crippen LogP contribution < -0.4 is 11.1 Å². The smallest absolute Gasteiger partial charge is 0.236 e. The second-order valence-electron chi connectivity index (χ2n) is 4.13. The molecule has 0 radical (unpaired) electrons. The lowest BCUT2D eigenvalue weighted by molar-refractivity contribution is -0.122. The molecule has 1 fully saturated rings. The molecule has 3 N–H and O–H groups in total. The summed E-state index contributed by atoms with van der Waals surface area (Å²) in [5, 5.41) is 2.96. The summed E-state index contributed by atoms with van der Waals surface area (Å²) in [7, 11) is 0. The summed E-state index contributed by atoms with van der Waals surface area (Å²) < 4.78 is 0. The van der Waals surface area contributed by atoms with Crippen LogP contribution in [0.5, 0.6) is 0 Å². The van der Waals surface area contributed by atoms with Gasteiger partial charge in [-0.1, -0.05) is 12.8 Å². The minimum absolute atomic E-state index is 0.0283. The van der Waals surface area contributed by atoms with Gasteiger partial charge in [0, 0.05) is 6.04 Å². The molecule has 0 aromatic heterocycles. The van der Waals surface area contributed by atoms with Gasteiger partial charge in [0.1, 0.15) is 0 Å². The average Bonchev–Trinajstić information content (AvgIpc) is 2.55. The minimum atomic E-state index is -0.385. The Morgan fingerprint density at radius 3 is 2.38 bits per heavy atom. The molecule has 0 aromatic carbocycles. The highest BCUT2D eigenvalue weighted by molar-refractivity contribution is 5.81. The number of carbonyl (C=O) groups excluding carboxylic acids is 1. The van der Waals surface area contributed by atoms with E-state index in [-0.39, 0.29) is 11.9 Å². The Balaban J connectivity index is 2.31. The molecule has 3 heteroatoms. The topological polar surface area (TPSA) is 55.1 Å². The fraction of sp³-hybridized carbons (Fsp3) is 0.900. The van der Waals surface area contributed by atoms with Crippen LogP contribution in [0.4, 0.5) is 0 Å². The van der Waals surface area contributed by atoms with Crippen LogP contribution in [0.3, 0.4) is 0 Å². The van der Waals surface area contributed by atoms with Crippen LogP contribution in [0.1, 0.15) is 39.5 Å². The number of nitrogens with two attached hydrogens (primary N) is 1. The number of rotatable bonds is 3. The van der Waals surface area contributed by atoms with Crippen molar-refractivity contribution in [3.05, 3.63) is 0 Å². The van der Waals surface area contributed by atoms with Crippen molar-refractivity contribution in [1.29, 1.82) is 0 Å². The van der Waals surface area contributed by atoms with Crippen LogP contribution in [-0.2, 0) is 4.79 Å². The molecule has 3 nitrogen and oxygen atoms in total. The molecule has 0 heterocycles. The monoisotopic (exact) mass is 184 g/mol. The van der Waals surface area contributed by atoms with Gasteiger partial charge in [-0.25, -0.2) is 0 Å². The minimum Gasteiger partial charge on any atom is -0.352 e. The molecular formula is C10H20N2O. The molecule has 1 saturated carbocycles. The van der Waals surface area contributed by atoms with Gasteiger partial charge in [0.15, 0.2) is 0 Å². The van der Waals surface area contributed by atoms with Gasteiger partial charge in [-0.15, -0.1) is 0 Å². The lowest BCUT2D eigenvalue weighted by Crippen LogP contribution is -2.45. The second-order valence-corrected chi connectivity index (χ2v) is 4.13. The average molecular weight is 184 g/mol. The molecule has 0 saturated heterocycles. The first-order valence-electron chi connectivity index (χ1n) is 5.17. The summed E-state index contributed by atoms with van der Waals surface area (Å²) in [4.78, 5) is 11.3. The molecule has 76 valence electrons. The van der Waals surface area contributed by atoms with Crippen LogP contribution in [-0.4, -0.2) is 18.0 Å². The van der Waals surface area contributed by atoms with Crippen molar-refractivity contribution in [2.45, 2.75) is 51.6 Å². The Morgan fingerprint density at radius 2 is 1.92 bits per heavy atom. The Labute approximate surface area is 80.1 Å². The molecule has 13 heavy (non-hydrogen) atoms. The fourth-order valence-electron chi connectivity index (χ4n) is 1.93. The lowest BCUT2D eigenvalue weighted by Gasteiger charge is -2.21. The van der Waals surface area contributed by atoms with Crippen LogP contribution in [0.15, 0.2) is 0 Å². The predicted octanol–water partition coefficient (Wildman–Crippen LogP) is 1.03. The zero-order valence-corrected chi connectivity index (χ0v) is 8.55. The first-order chi connectivity index (χ1) is 6.11. The van der Waals surface area contributed by atoms with Gasteiger partial charge in [-0.05, 0) is 32.6 Å². The van der Waals surface area contributed by atoms with Gasteiger partial charge in [0.25, 0.3) is 0 Å². The summed E-state index contributed by atoms with van der Waals surface area (Å²) in [6.07, 6.45) is 5.12. The number of nitrogens with one attached hydrogen (secondary N) is 1. The van der Waals surface area contributed by atoms with Crippen LogP contribution >= 0.6 is 0 Å². The SMILES string of the molecule is C[C@@H](N)C(=O)N[C@H](C)C1CCCC1. The highest BCUT2D eigenvalue weighted by Gasteiger charge is 2.23. The second kappa shape index (κ2) is 4.61. The molecule has 0 spiro atoms. The summed E-state index contributed by atoms with van der Waals surface area (Å²) in [5.74, 6) is 0.641. The van der Waals surface area contributed by atoms with Gasteiger partial charge < -0.3 is 11.1 Å². The number of hydrogen-bond acceptors (Lipinski definition) is 2. The third-order valence-electron chi connectivity index (χ3n) is 2.89. The molecule has 1 aliphatic carbocycles. The molecular weight excluding hydrogens is 164 g/mol. The van der Waals surface area contributed by atoms with Gasteiger partial charge in [0.05, 0.1) is 6.04 Å². The van der Waals surface area contributed by atoms with E-state index in [0.717, 1.165) is 0 Å². The Bertz CT molecular complexity index is 174. The fourth-order valence-corrected chi connectivity index (χ4v) is 1.93. The quantitative estimate of drug-likeness (QED) is 0.688. The summed E-state index contributed by atoms with van der Waals surface area (Å²) in [5.41, 5.74) is 5.47. The van der Waals surface area contributed by atoms with Gasteiger partial charge in [-0.3, -0.25) is 4.79 Å². The summed E-state index contributed by atoms with van der Waals surface area (Å²) in [6, 6.07) is -0.0927. The normalized spacial score (nSPS) is 22.7. The Hall–Kier alpha value is -0.570. The van der Waals surface area contributed by atoms with E-state index >= 15 is 0 Å². The maximum absolute atomic E-state index is 11.3. The van der Waals surface area contributed by atoms with Crippen LogP contribution in [0, 0.1) is 5.92 Å². The first kappa shape index (κ1) is 10.5. The molecule has 1 amide bonds. The van der Waals surface area contributed by atoms with Crippen LogP contribution in [0.2, 0.25) is 0 Å². The van der Waals surface area contributed by atoms with E-state index in [1.165, 1.54) is 25.7 Å². The molecule has 1 rings (SSSR count). The van der Waals surface area contributed by atoms with E-state index in [0.29, 0.717) is 12.0 Å². The van der Waals surface area contributed by atoms with Crippen molar-refractivity contribution < 1.29 is 4.79 Å². The van der Waals surface area contributed by atoms with Crippen molar-refractivity contribution in [1.82, 2.24) is 5.32 Å². The molecule has 0 bridgehead atoms. The maximum atomic E-state index is 11.3. The molecule has 2 atom stereocenters. The third kappa shape index (κ3) is 2.99. The van der Waals surface area contributed by atoms with Gasteiger partial charge >= 0.3 is 0 Å². The highest BCUT2D eigenvalue weighted by Crippen LogP contribution is 2.27. The van der Waals surface area contributed by atoms with Crippen molar-refractivity contribution in [3.63, 3.8) is 0 Å². The largest absolute Gasteiger partial charge is 0.352 e. The molecule has 0 aromatic rings. The standard InChI is InChI=1S/C10H20N2O/c1-7(11)10(13)12-8(2)9-5-3-4-6-9/h7-9H,3-6,11H2,1-2H3,(H,12,13)/t7-,8-/m1/s1. The highest BCUT2D eigenvalue weighted by atomic mass is 16.2. The van der Waals surface area contributed by atoms with E-state index in [1.807, 2.05) is 0 Å². The lowest BCUT2D eigenvalue weighted by atomic mass is 9.99. The number of amides is 1. The first-order valence-corrected chi connectivity index (χ1v) is 5.17. The van der Waals surface area contributed by atoms with E-state index in [2.05, 4.69) is 12.2 Å². The molecule has 1 aliphatic rings. The van der Waals surface area contributed by atoms with Gasteiger partial charge in [-0.2, -0.15) is 0 Å². The van der Waals surface area contributed by atoms with E-state index in [4.69, 9.17) is 5.73 Å². The van der Waals surface area contributed by atoms with E-state index < -0.39 is 0 Å². The van der Waals surface area contributed by atoms with Crippen molar-refractivity contribution >= 4 is 5.91 Å².